The van der Waals surface area contributed by atoms with Gasteiger partial charge in [-0.2, -0.15) is 0 Å². The molecular weight excluding hydrogens is 408 g/mol. The summed E-state index contributed by atoms with van der Waals surface area (Å²) in [6.45, 7) is 0.803. The zero-order valence-corrected chi connectivity index (χ0v) is 16.4. The average Bonchev–Trinajstić information content (AvgIpc) is 3.11. The van der Waals surface area contributed by atoms with Crippen molar-refractivity contribution in [3.8, 4) is 0 Å². The maximum atomic E-state index is 12.7. The van der Waals surface area contributed by atoms with Crippen molar-refractivity contribution < 1.29 is 18.0 Å². The van der Waals surface area contributed by atoms with E-state index in [1.165, 1.54) is 0 Å². The number of nitrogens with zero attached hydrogens (tertiary/aromatic N) is 2. The third kappa shape index (κ3) is 4.23. The van der Waals surface area contributed by atoms with Crippen molar-refractivity contribution >= 4 is 37.6 Å². The van der Waals surface area contributed by atoms with Crippen LogP contribution in [0.1, 0.15) is 18.4 Å². The van der Waals surface area contributed by atoms with Crippen LogP contribution in [0.2, 0.25) is 0 Å². The molecule has 2 atom stereocenters. The van der Waals surface area contributed by atoms with Gasteiger partial charge in [0, 0.05) is 37.1 Å². The third-order valence-corrected chi connectivity index (χ3v) is 7.15. The predicted octanol–water partition coefficient (Wildman–Crippen LogP) is 1.44. The highest BCUT2D eigenvalue weighted by Gasteiger charge is 2.42. The van der Waals surface area contributed by atoms with Gasteiger partial charge in [-0.25, -0.2) is 8.42 Å². The number of halogens is 1. The van der Waals surface area contributed by atoms with E-state index in [1.807, 2.05) is 24.3 Å². The van der Waals surface area contributed by atoms with Gasteiger partial charge in [0.05, 0.1) is 17.4 Å². The summed E-state index contributed by atoms with van der Waals surface area (Å²) >= 11 is 3.38. The molecule has 0 spiro atoms. The summed E-state index contributed by atoms with van der Waals surface area (Å²) in [5.74, 6) is -0.425. The van der Waals surface area contributed by atoms with Crippen molar-refractivity contribution in [2.75, 3.05) is 25.1 Å². The summed E-state index contributed by atoms with van der Waals surface area (Å²) in [4.78, 5) is 28.2. The summed E-state index contributed by atoms with van der Waals surface area (Å²) in [5.41, 5.74) is 1.02. The van der Waals surface area contributed by atoms with Crippen LogP contribution in [-0.4, -0.2) is 61.2 Å². The van der Waals surface area contributed by atoms with Gasteiger partial charge < -0.3 is 9.80 Å². The summed E-state index contributed by atoms with van der Waals surface area (Å²) in [6.07, 6.45) is 0.643. The predicted molar refractivity (Wildman–Crippen MR) is 97.5 cm³/mol. The van der Waals surface area contributed by atoms with Gasteiger partial charge in [-0.05, 0) is 24.1 Å². The fourth-order valence-electron chi connectivity index (χ4n) is 3.52. The molecule has 2 aliphatic rings. The second-order valence-electron chi connectivity index (χ2n) is 6.82. The molecule has 0 N–H and O–H groups in total. The molecule has 0 saturated carbocycles. The lowest BCUT2D eigenvalue weighted by Crippen LogP contribution is -2.39. The highest BCUT2D eigenvalue weighted by atomic mass is 79.9. The average molecular weight is 429 g/mol. The Labute approximate surface area is 156 Å². The molecule has 2 aliphatic heterocycles. The number of amides is 2. The first kappa shape index (κ1) is 18.4. The molecule has 0 radical (unpaired) electrons. The molecule has 2 heterocycles. The number of benzene rings is 1. The molecule has 2 amide bonds. The van der Waals surface area contributed by atoms with Gasteiger partial charge in [0.1, 0.15) is 0 Å². The molecule has 136 valence electrons. The van der Waals surface area contributed by atoms with Crippen LogP contribution in [0.25, 0.3) is 0 Å². The molecule has 2 fully saturated rings. The van der Waals surface area contributed by atoms with E-state index < -0.39 is 15.8 Å². The molecule has 3 rings (SSSR count). The van der Waals surface area contributed by atoms with Crippen LogP contribution in [-0.2, 0) is 26.0 Å². The van der Waals surface area contributed by atoms with Crippen LogP contribution in [0, 0.1) is 5.92 Å². The van der Waals surface area contributed by atoms with E-state index in [0.29, 0.717) is 19.5 Å². The summed E-state index contributed by atoms with van der Waals surface area (Å²) in [5, 5.41) is 0. The molecule has 0 aromatic heterocycles. The Hall–Kier alpha value is -1.41. The summed E-state index contributed by atoms with van der Waals surface area (Å²) < 4.78 is 24.3. The fourth-order valence-corrected chi connectivity index (χ4v) is 5.52. The van der Waals surface area contributed by atoms with Gasteiger partial charge >= 0.3 is 0 Å². The molecule has 0 aliphatic carbocycles. The van der Waals surface area contributed by atoms with Crippen molar-refractivity contribution in [3.05, 3.63) is 34.3 Å². The lowest BCUT2D eigenvalue weighted by atomic mass is 10.1. The molecule has 6 nitrogen and oxygen atoms in total. The zero-order chi connectivity index (χ0) is 18.2. The van der Waals surface area contributed by atoms with E-state index in [-0.39, 0.29) is 35.8 Å². The maximum Gasteiger partial charge on any atom is 0.228 e. The van der Waals surface area contributed by atoms with Gasteiger partial charge in [-0.1, -0.05) is 28.1 Å². The first-order chi connectivity index (χ1) is 11.7. The Morgan fingerprint density at radius 2 is 2.00 bits per heavy atom. The lowest BCUT2D eigenvalue weighted by molar-refractivity contribution is -0.135. The SMILES string of the molecule is CN(Cc1ccc(Br)cc1)C(=O)C1CC(=O)N(C2CCS(=O)(=O)C2)C1. The lowest BCUT2D eigenvalue weighted by Gasteiger charge is -2.24. The van der Waals surface area contributed by atoms with E-state index in [9.17, 15) is 18.0 Å². The Morgan fingerprint density at radius 1 is 1.32 bits per heavy atom. The highest BCUT2D eigenvalue weighted by molar-refractivity contribution is 9.10. The Morgan fingerprint density at radius 3 is 2.60 bits per heavy atom. The number of hydrogen-bond acceptors (Lipinski definition) is 4. The van der Waals surface area contributed by atoms with Crippen LogP contribution >= 0.6 is 15.9 Å². The van der Waals surface area contributed by atoms with Crippen LogP contribution in [0.5, 0.6) is 0 Å². The van der Waals surface area contributed by atoms with Gasteiger partial charge in [0.15, 0.2) is 9.84 Å². The summed E-state index contributed by atoms with van der Waals surface area (Å²) in [7, 11) is -1.31. The standard InChI is InChI=1S/C17H21BrN2O4S/c1-19(9-12-2-4-14(18)5-3-12)17(22)13-8-16(21)20(10-13)15-6-7-25(23,24)11-15/h2-5,13,15H,6-11H2,1H3. The second-order valence-corrected chi connectivity index (χ2v) is 9.97. The number of sulfone groups is 1. The van der Waals surface area contributed by atoms with Crippen LogP contribution in [0.15, 0.2) is 28.7 Å². The maximum absolute atomic E-state index is 12.7. The molecule has 2 saturated heterocycles. The molecule has 8 heteroatoms. The Balaban J connectivity index is 1.61. The highest BCUT2D eigenvalue weighted by Crippen LogP contribution is 2.27. The molecule has 1 aromatic rings. The van der Waals surface area contributed by atoms with Crippen molar-refractivity contribution in [2.24, 2.45) is 5.92 Å². The van der Waals surface area contributed by atoms with Crippen molar-refractivity contribution in [2.45, 2.75) is 25.4 Å². The van der Waals surface area contributed by atoms with Gasteiger partial charge in [0.2, 0.25) is 11.8 Å². The minimum atomic E-state index is -3.05. The molecular formula is C17H21BrN2O4S. The third-order valence-electron chi connectivity index (χ3n) is 4.87. The topological polar surface area (TPSA) is 74.8 Å². The minimum Gasteiger partial charge on any atom is -0.341 e. The number of carbonyl (C=O) groups is 2. The number of likely N-dealkylation sites (tertiary alicyclic amines) is 1. The molecule has 25 heavy (non-hydrogen) atoms. The zero-order valence-electron chi connectivity index (χ0n) is 14.0. The second kappa shape index (κ2) is 7.07. The van der Waals surface area contributed by atoms with Crippen molar-refractivity contribution in [3.63, 3.8) is 0 Å². The van der Waals surface area contributed by atoms with E-state index in [2.05, 4.69) is 15.9 Å². The Bertz CT molecular complexity index is 778. The Kier molecular flexibility index (Phi) is 5.20. The first-order valence-corrected chi connectivity index (χ1v) is 10.9. The van der Waals surface area contributed by atoms with E-state index in [0.717, 1.165) is 10.0 Å². The molecule has 2 unspecified atom stereocenters. The van der Waals surface area contributed by atoms with Crippen LogP contribution in [0.4, 0.5) is 0 Å². The number of hydrogen-bond donors (Lipinski definition) is 0. The monoisotopic (exact) mass is 428 g/mol. The molecule has 0 bridgehead atoms. The van der Waals surface area contributed by atoms with Crippen molar-refractivity contribution in [1.29, 1.82) is 0 Å². The molecule has 1 aromatic carbocycles. The van der Waals surface area contributed by atoms with E-state index in [1.54, 1.807) is 16.8 Å². The van der Waals surface area contributed by atoms with E-state index >= 15 is 0 Å². The smallest absolute Gasteiger partial charge is 0.228 e. The van der Waals surface area contributed by atoms with Crippen molar-refractivity contribution in [1.82, 2.24) is 9.80 Å². The number of carbonyl (C=O) groups excluding carboxylic acids is 2. The van der Waals surface area contributed by atoms with Crippen LogP contribution in [0.3, 0.4) is 0 Å². The fraction of sp³-hybridized carbons (Fsp3) is 0.529. The van der Waals surface area contributed by atoms with Gasteiger partial charge in [0.25, 0.3) is 0 Å². The summed E-state index contributed by atoms with van der Waals surface area (Å²) in [6, 6.07) is 7.48. The normalized spacial score (nSPS) is 25.4. The first-order valence-electron chi connectivity index (χ1n) is 8.24. The largest absolute Gasteiger partial charge is 0.341 e. The van der Waals surface area contributed by atoms with E-state index in [4.69, 9.17) is 0 Å². The number of rotatable bonds is 4. The quantitative estimate of drug-likeness (QED) is 0.726. The van der Waals surface area contributed by atoms with Crippen LogP contribution < -0.4 is 0 Å². The minimum absolute atomic E-state index is 0.0222. The van der Waals surface area contributed by atoms with Gasteiger partial charge in [-0.3, -0.25) is 9.59 Å². The van der Waals surface area contributed by atoms with Gasteiger partial charge in [-0.15, -0.1) is 0 Å².